The van der Waals surface area contributed by atoms with Crippen LogP contribution >= 0.6 is 48.9 Å². The van der Waals surface area contributed by atoms with Crippen molar-refractivity contribution in [3.8, 4) is 0 Å². The first kappa shape index (κ1) is 16.4. The van der Waals surface area contributed by atoms with Crippen LogP contribution in [0.4, 0.5) is 0 Å². The second-order valence-electron chi connectivity index (χ2n) is 0.429. The fourth-order valence-electron chi connectivity index (χ4n) is 0. The molecule has 0 bridgehead atoms. The van der Waals surface area contributed by atoms with Crippen LogP contribution in [0.15, 0.2) is 0 Å². The van der Waals surface area contributed by atoms with Gasteiger partial charge in [-0.1, -0.05) is 0 Å². The Kier molecular flexibility index (Phi) is 16.0. The Morgan fingerprint density at radius 2 is 0.714 bits per heavy atom. The summed E-state index contributed by atoms with van der Waals surface area (Å²) < 4.78 is 0. The van der Waals surface area contributed by atoms with Gasteiger partial charge in [-0.2, -0.15) is 0 Å². The number of rotatable bonds is 0. The molecule has 4 N–H and O–H groups in total. The van der Waals surface area contributed by atoms with Gasteiger partial charge in [-0.25, -0.2) is 0 Å². The summed E-state index contributed by atoms with van der Waals surface area (Å²) in [6, 6.07) is 0. The van der Waals surface area contributed by atoms with Crippen molar-refractivity contribution in [2.75, 3.05) is 0 Å². The Balaban J connectivity index is -0.0000000800. The van der Waals surface area contributed by atoms with E-state index in [1.807, 2.05) is 0 Å². The van der Waals surface area contributed by atoms with Gasteiger partial charge in [-0.15, -0.1) is 0 Å². The molecular weight excluding hydrogens is 443 g/mol. The van der Waals surface area contributed by atoms with E-state index in [2.05, 4.69) is 48.9 Å². The van der Waals surface area contributed by atoms with Crippen molar-refractivity contribution in [2.24, 2.45) is 0 Å². The van der Waals surface area contributed by atoms with E-state index in [0.29, 0.717) is 0 Å². The minimum atomic E-state index is -1.93. The molecule has 0 atom stereocenters. The van der Waals surface area contributed by atoms with Gasteiger partial charge in [0.1, 0.15) is 0 Å². The van der Waals surface area contributed by atoms with Crippen LogP contribution in [0.3, 0.4) is 0 Å². The topological polar surface area (TPSA) is 63.0 Å². The molecule has 0 radical (unpaired) electrons. The monoisotopic (exact) mass is 442 g/mol. The molecule has 0 aromatic heterocycles. The first-order valence-electron chi connectivity index (χ1n) is 0.756. The number of hydrogen-bond donors (Lipinski definition) is 0. The Morgan fingerprint density at radius 1 is 0.714 bits per heavy atom. The fraction of sp³-hybridized carbons (Fsp3) is 0. The molecule has 48 valence electrons. The SMILES string of the molecule is O.O.[Br][Zr]([Br])([Br])[Br]. The molecule has 0 amide bonds. The van der Waals surface area contributed by atoms with E-state index in [4.69, 9.17) is 0 Å². The molecule has 0 fully saturated rings. The average molecular weight is 447 g/mol. The normalized spacial score (nSPS) is 8.57. The summed E-state index contributed by atoms with van der Waals surface area (Å²) in [6.45, 7) is 0. The van der Waals surface area contributed by atoms with Crippen molar-refractivity contribution >= 4 is 48.9 Å². The quantitative estimate of drug-likeness (QED) is 0.544. The van der Waals surface area contributed by atoms with E-state index in [-0.39, 0.29) is 11.0 Å². The summed E-state index contributed by atoms with van der Waals surface area (Å²) in [4.78, 5) is 0. The minimum absolute atomic E-state index is 0. The molecule has 7 heavy (non-hydrogen) atoms. The van der Waals surface area contributed by atoms with Crippen LogP contribution in [0.5, 0.6) is 0 Å². The molecule has 2 nitrogen and oxygen atoms in total. The number of halogens is 4. The predicted octanol–water partition coefficient (Wildman–Crippen LogP) is 1.73. The van der Waals surface area contributed by atoms with Gasteiger partial charge >= 0.3 is 59.7 Å². The summed E-state index contributed by atoms with van der Waals surface area (Å²) >= 11 is 13.3. The van der Waals surface area contributed by atoms with Gasteiger partial charge in [-0.05, 0) is 0 Å². The van der Waals surface area contributed by atoms with Crippen LogP contribution in [0, 0.1) is 0 Å². The van der Waals surface area contributed by atoms with Gasteiger partial charge in [0.25, 0.3) is 0 Å². The van der Waals surface area contributed by atoms with Crippen LogP contribution in [0.25, 0.3) is 0 Å². The van der Waals surface area contributed by atoms with Crippen molar-refractivity contribution in [2.45, 2.75) is 0 Å². The fourth-order valence-corrected chi connectivity index (χ4v) is 0. The second kappa shape index (κ2) is 6.84. The molecule has 0 heterocycles. The molecule has 0 spiro atoms. The van der Waals surface area contributed by atoms with E-state index >= 15 is 0 Å². The Bertz CT molecular complexity index is 25.2. The van der Waals surface area contributed by atoms with Gasteiger partial charge in [0.05, 0.1) is 0 Å². The maximum atomic E-state index is 3.34. The Labute approximate surface area is 69.2 Å². The zero-order valence-electron chi connectivity index (χ0n) is 3.01. The summed E-state index contributed by atoms with van der Waals surface area (Å²) in [6.07, 6.45) is 0. The summed E-state index contributed by atoms with van der Waals surface area (Å²) in [5.41, 5.74) is 0. The van der Waals surface area contributed by atoms with E-state index in [1.165, 1.54) is 0 Å². The maximum absolute atomic E-state index is 3.34. The third kappa shape index (κ3) is 53.2. The van der Waals surface area contributed by atoms with Crippen LogP contribution < -0.4 is 0 Å². The van der Waals surface area contributed by atoms with E-state index in [0.717, 1.165) is 0 Å². The second-order valence-corrected chi connectivity index (χ2v) is 68.5. The third-order valence-corrected chi connectivity index (χ3v) is 0. The van der Waals surface area contributed by atoms with Gasteiger partial charge in [0, 0.05) is 0 Å². The average Bonchev–Trinajstić information content (AvgIpc) is 0.722. The van der Waals surface area contributed by atoms with Crippen LogP contribution in [0.1, 0.15) is 0 Å². The van der Waals surface area contributed by atoms with Crippen molar-refractivity contribution in [3.63, 3.8) is 0 Å². The summed E-state index contributed by atoms with van der Waals surface area (Å²) in [5.74, 6) is 0. The van der Waals surface area contributed by atoms with Gasteiger partial charge < -0.3 is 11.0 Å². The van der Waals surface area contributed by atoms with E-state index < -0.39 is 10.9 Å². The molecule has 7 heteroatoms. The molecule has 0 unspecified atom stereocenters. The predicted molar refractivity (Wildman–Crippen MR) is 42.9 cm³/mol. The van der Waals surface area contributed by atoms with Gasteiger partial charge in [-0.3, -0.25) is 0 Å². The van der Waals surface area contributed by atoms with Gasteiger partial charge in [0.15, 0.2) is 0 Å². The summed E-state index contributed by atoms with van der Waals surface area (Å²) in [5, 5.41) is 0. The van der Waals surface area contributed by atoms with E-state index in [1.54, 1.807) is 0 Å². The van der Waals surface area contributed by atoms with Crippen LogP contribution in [-0.4, -0.2) is 11.0 Å². The van der Waals surface area contributed by atoms with Gasteiger partial charge in [0.2, 0.25) is 0 Å². The standard InChI is InChI=1S/4BrH.2H2O.Zr/h4*1H;2*1H2;/q;;;;;;+4/p-4. The Hall–Kier alpha value is 2.72. The van der Waals surface area contributed by atoms with Crippen molar-refractivity contribution in [1.29, 1.82) is 0 Å². The molecular formula is H4Br4O2Zr. The molecule has 0 saturated carbocycles. The molecule has 0 aliphatic heterocycles. The molecule has 0 aliphatic carbocycles. The van der Waals surface area contributed by atoms with Crippen molar-refractivity contribution < 1.29 is 21.8 Å². The Morgan fingerprint density at radius 3 is 0.714 bits per heavy atom. The molecule has 0 aromatic rings. The molecule has 0 saturated heterocycles. The zero-order chi connectivity index (χ0) is 4.50. The van der Waals surface area contributed by atoms with Crippen molar-refractivity contribution in [3.05, 3.63) is 0 Å². The van der Waals surface area contributed by atoms with E-state index in [9.17, 15) is 0 Å². The first-order valence-corrected chi connectivity index (χ1v) is 23.2. The first-order chi connectivity index (χ1) is 2.00. The van der Waals surface area contributed by atoms with Crippen molar-refractivity contribution in [1.82, 2.24) is 0 Å². The van der Waals surface area contributed by atoms with Crippen LogP contribution in [-0.2, 0) is 10.9 Å². The number of hydrogen-bond acceptors (Lipinski definition) is 0. The molecule has 0 rings (SSSR count). The molecule has 0 aromatic carbocycles. The molecule has 0 aliphatic rings. The van der Waals surface area contributed by atoms with Crippen LogP contribution in [0.2, 0.25) is 0 Å². The third-order valence-electron chi connectivity index (χ3n) is 0. The zero-order valence-corrected chi connectivity index (χ0v) is 11.8. The summed E-state index contributed by atoms with van der Waals surface area (Å²) in [7, 11) is -1.93.